The maximum absolute atomic E-state index is 12.9. The minimum atomic E-state index is -3.79. The molecule has 1 aliphatic carbocycles. The predicted molar refractivity (Wildman–Crippen MR) is 86.8 cm³/mol. The van der Waals surface area contributed by atoms with Crippen molar-refractivity contribution in [3.63, 3.8) is 0 Å². The molecule has 0 aliphatic heterocycles. The van der Waals surface area contributed by atoms with Crippen LogP contribution >= 0.6 is 0 Å². The Morgan fingerprint density at radius 3 is 2.08 bits per heavy atom. The summed E-state index contributed by atoms with van der Waals surface area (Å²) >= 11 is 0. The van der Waals surface area contributed by atoms with Gasteiger partial charge >= 0.3 is 0 Å². The van der Waals surface area contributed by atoms with Gasteiger partial charge < -0.3 is 4.74 Å². The summed E-state index contributed by atoms with van der Waals surface area (Å²) in [4.78, 5) is 0.126. The Hall–Kier alpha value is -2.83. The van der Waals surface area contributed by atoms with Gasteiger partial charge in [0.1, 0.15) is 11.0 Å². The van der Waals surface area contributed by atoms with Crippen LogP contribution in [-0.2, 0) is 9.84 Å². The molecule has 24 heavy (non-hydrogen) atoms. The van der Waals surface area contributed by atoms with E-state index in [1.807, 2.05) is 12.1 Å². The van der Waals surface area contributed by atoms with E-state index >= 15 is 0 Å². The van der Waals surface area contributed by atoms with E-state index in [9.17, 15) is 18.9 Å². The molecule has 2 atom stereocenters. The van der Waals surface area contributed by atoms with Gasteiger partial charge in [-0.25, -0.2) is 8.42 Å². The zero-order chi connectivity index (χ0) is 17.4. The first-order valence-electron chi connectivity index (χ1n) is 7.26. The van der Waals surface area contributed by atoms with E-state index in [4.69, 9.17) is 4.74 Å². The molecule has 0 unspecified atom stereocenters. The summed E-state index contributed by atoms with van der Waals surface area (Å²) in [5.74, 6) is -0.0509. The van der Waals surface area contributed by atoms with Crippen molar-refractivity contribution in [1.82, 2.24) is 0 Å². The van der Waals surface area contributed by atoms with Gasteiger partial charge in [-0.1, -0.05) is 30.3 Å². The zero-order valence-corrected chi connectivity index (χ0v) is 13.7. The van der Waals surface area contributed by atoms with E-state index < -0.39 is 26.4 Å². The Morgan fingerprint density at radius 1 is 1.00 bits per heavy atom. The van der Waals surface area contributed by atoms with Crippen LogP contribution in [0.3, 0.4) is 0 Å². The van der Waals surface area contributed by atoms with E-state index in [-0.39, 0.29) is 4.90 Å². The maximum atomic E-state index is 12.9. The smallest absolute Gasteiger partial charge is 0.184 e. The molecule has 2 aromatic carbocycles. The van der Waals surface area contributed by atoms with Crippen LogP contribution in [0, 0.1) is 28.1 Å². The third-order valence-corrected chi connectivity index (χ3v) is 6.63. The highest BCUT2D eigenvalue weighted by atomic mass is 32.2. The first kappa shape index (κ1) is 16.0. The largest absolute Gasteiger partial charge is 0.497 e. The van der Waals surface area contributed by atoms with Crippen LogP contribution in [-0.4, -0.2) is 20.8 Å². The van der Waals surface area contributed by atoms with Crippen LogP contribution in [0.15, 0.2) is 59.5 Å². The topological polar surface area (TPSA) is 90.9 Å². The number of nitriles is 2. The second kappa shape index (κ2) is 5.67. The van der Waals surface area contributed by atoms with Gasteiger partial charge in [-0.05, 0) is 29.8 Å². The Kier molecular flexibility index (Phi) is 3.79. The third-order valence-electron chi connectivity index (χ3n) is 4.38. The predicted octanol–water partition coefficient (Wildman–Crippen LogP) is 2.67. The zero-order valence-electron chi connectivity index (χ0n) is 12.9. The molecule has 1 fully saturated rings. The van der Waals surface area contributed by atoms with Gasteiger partial charge in [0.2, 0.25) is 0 Å². The number of sulfone groups is 1. The molecule has 1 saturated carbocycles. The normalized spacial score (nSPS) is 21.3. The van der Waals surface area contributed by atoms with Crippen molar-refractivity contribution >= 4 is 9.84 Å². The minimum absolute atomic E-state index is 0.126. The Morgan fingerprint density at radius 2 is 1.58 bits per heavy atom. The van der Waals surface area contributed by atoms with Crippen molar-refractivity contribution < 1.29 is 13.2 Å². The highest BCUT2D eigenvalue weighted by molar-refractivity contribution is 7.92. The second-order valence-corrected chi connectivity index (χ2v) is 7.69. The van der Waals surface area contributed by atoms with Crippen molar-refractivity contribution in [2.24, 2.45) is 5.41 Å². The number of hydrogen-bond donors (Lipinski definition) is 0. The molecule has 0 bridgehead atoms. The van der Waals surface area contributed by atoms with Gasteiger partial charge in [-0.3, -0.25) is 0 Å². The van der Waals surface area contributed by atoms with Gasteiger partial charge in [0.05, 0.1) is 24.1 Å². The fourth-order valence-corrected chi connectivity index (χ4v) is 5.30. The molecular formula is C18H14N2O3S. The molecule has 0 aromatic heterocycles. The quantitative estimate of drug-likeness (QED) is 0.855. The van der Waals surface area contributed by atoms with Gasteiger partial charge in [-0.2, -0.15) is 10.5 Å². The lowest BCUT2D eigenvalue weighted by Gasteiger charge is -2.04. The molecule has 6 heteroatoms. The average Bonchev–Trinajstić information content (AvgIpc) is 3.33. The first-order valence-corrected chi connectivity index (χ1v) is 8.81. The van der Waals surface area contributed by atoms with Crippen molar-refractivity contribution in [2.75, 3.05) is 7.11 Å². The minimum Gasteiger partial charge on any atom is -0.497 e. The molecule has 0 amide bonds. The molecular weight excluding hydrogens is 324 g/mol. The number of benzene rings is 2. The average molecular weight is 338 g/mol. The molecule has 0 saturated heterocycles. The van der Waals surface area contributed by atoms with E-state index in [0.29, 0.717) is 11.3 Å². The molecule has 120 valence electrons. The van der Waals surface area contributed by atoms with Crippen LogP contribution in [0.5, 0.6) is 5.75 Å². The number of hydrogen-bond acceptors (Lipinski definition) is 5. The standard InChI is InChI=1S/C18H14N2O3S/c1-23-14-9-7-13(8-10-14)16-17(18(16,11-19)12-20)24(21,22)15-5-3-2-4-6-15/h2-10,16-17H,1H3/t16-,17+/m1/s1. The van der Waals surface area contributed by atoms with Gasteiger partial charge in [0, 0.05) is 5.92 Å². The van der Waals surface area contributed by atoms with Crippen LogP contribution in [0.2, 0.25) is 0 Å². The van der Waals surface area contributed by atoms with Crippen LogP contribution < -0.4 is 4.74 Å². The molecule has 2 aromatic rings. The maximum Gasteiger partial charge on any atom is 0.184 e. The van der Waals surface area contributed by atoms with E-state index in [2.05, 4.69) is 0 Å². The van der Waals surface area contributed by atoms with Crippen LogP contribution in [0.4, 0.5) is 0 Å². The fourth-order valence-electron chi connectivity index (χ4n) is 3.08. The molecule has 0 radical (unpaired) electrons. The molecule has 3 rings (SSSR count). The number of nitrogens with zero attached hydrogens (tertiary/aromatic N) is 2. The van der Waals surface area contributed by atoms with E-state index in [1.165, 1.54) is 19.2 Å². The van der Waals surface area contributed by atoms with Gasteiger partial charge in [0.25, 0.3) is 0 Å². The highest BCUT2D eigenvalue weighted by Gasteiger charge is 2.73. The van der Waals surface area contributed by atoms with Crippen molar-refractivity contribution in [1.29, 1.82) is 10.5 Å². The van der Waals surface area contributed by atoms with Gasteiger partial charge in [-0.15, -0.1) is 0 Å². The highest BCUT2D eigenvalue weighted by Crippen LogP contribution is 2.63. The number of rotatable bonds is 4. The lowest BCUT2D eigenvalue weighted by Crippen LogP contribution is -2.14. The summed E-state index contributed by atoms with van der Waals surface area (Å²) in [7, 11) is -2.26. The first-order chi connectivity index (χ1) is 11.5. The Balaban J connectivity index is 2.07. The molecule has 0 spiro atoms. The summed E-state index contributed by atoms with van der Waals surface area (Å²) < 4.78 is 30.9. The summed E-state index contributed by atoms with van der Waals surface area (Å²) in [5, 5.41) is 17.9. The van der Waals surface area contributed by atoms with Gasteiger partial charge in [0.15, 0.2) is 15.3 Å². The Labute approximate surface area is 140 Å². The third kappa shape index (κ3) is 2.24. The summed E-state index contributed by atoms with van der Waals surface area (Å²) in [6, 6.07) is 18.6. The fraction of sp³-hybridized carbons (Fsp3) is 0.222. The van der Waals surface area contributed by atoms with Crippen LogP contribution in [0.25, 0.3) is 0 Å². The van der Waals surface area contributed by atoms with Crippen LogP contribution in [0.1, 0.15) is 11.5 Å². The van der Waals surface area contributed by atoms with E-state index in [1.54, 1.807) is 42.5 Å². The summed E-state index contributed by atoms with van der Waals surface area (Å²) in [5.41, 5.74) is -0.924. The lowest BCUT2D eigenvalue weighted by atomic mass is 10.0. The lowest BCUT2D eigenvalue weighted by molar-refractivity contribution is 0.414. The van der Waals surface area contributed by atoms with E-state index in [0.717, 1.165) is 0 Å². The number of methoxy groups -OCH3 is 1. The van der Waals surface area contributed by atoms with Crippen molar-refractivity contribution in [3.8, 4) is 17.9 Å². The molecule has 0 N–H and O–H groups in total. The summed E-state index contributed by atoms with van der Waals surface area (Å²) in [6.07, 6.45) is 0. The second-order valence-electron chi connectivity index (χ2n) is 5.62. The van der Waals surface area contributed by atoms with Crippen molar-refractivity contribution in [3.05, 3.63) is 60.2 Å². The molecule has 1 aliphatic rings. The monoisotopic (exact) mass is 338 g/mol. The molecule has 0 heterocycles. The number of ether oxygens (including phenoxy) is 1. The SMILES string of the molecule is COc1ccc([C@@H]2[C@H](S(=O)(=O)c3ccccc3)C2(C#N)C#N)cc1. The van der Waals surface area contributed by atoms with Crippen molar-refractivity contribution in [2.45, 2.75) is 16.1 Å². The molecule has 5 nitrogen and oxygen atoms in total. The summed E-state index contributed by atoms with van der Waals surface area (Å²) in [6.45, 7) is 0. The Bertz CT molecular complexity index is 924.